The zero-order chi connectivity index (χ0) is 13.1. The average Bonchev–Trinajstić information content (AvgIpc) is 2.49. The molecule has 0 aliphatic rings. The van der Waals surface area contributed by atoms with Crippen LogP contribution in [0.25, 0.3) is 10.8 Å². The standard InChI is InChI=1S/C17H12NO/c19-13-18(15-9-2-1-3-10-15)17-12-6-8-14-7-4-5-11-16(14)17/h1-12H. The number of anilines is 2. The summed E-state index contributed by atoms with van der Waals surface area (Å²) in [5, 5.41) is 2.15. The van der Waals surface area contributed by atoms with E-state index in [4.69, 9.17) is 0 Å². The van der Waals surface area contributed by atoms with Crippen LogP contribution >= 0.6 is 0 Å². The molecular weight excluding hydrogens is 234 g/mol. The van der Waals surface area contributed by atoms with Crippen LogP contribution in [0, 0.1) is 0 Å². The minimum Gasteiger partial charge on any atom is -0.272 e. The molecule has 3 rings (SSSR count). The Morgan fingerprint density at radius 1 is 0.737 bits per heavy atom. The number of nitrogens with zero attached hydrogens (tertiary/aromatic N) is 1. The largest absolute Gasteiger partial charge is 0.321 e. The molecule has 91 valence electrons. The fourth-order valence-corrected chi connectivity index (χ4v) is 2.22. The molecule has 0 saturated carbocycles. The Bertz CT molecular complexity index is 701. The molecule has 3 aromatic rings. The van der Waals surface area contributed by atoms with Crippen LogP contribution in [0.4, 0.5) is 11.4 Å². The van der Waals surface area contributed by atoms with Crippen LogP contribution in [-0.2, 0) is 4.79 Å². The van der Waals surface area contributed by atoms with Gasteiger partial charge < -0.3 is 0 Å². The fraction of sp³-hybridized carbons (Fsp3) is 0. The zero-order valence-electron chi connectivity index (χ0n) is 10.3. The summed E-state index contributed by atoms with van der Waals surface area (Å²) in [5.41, 5.74) is 1.66. The molecule has 0 spiro atoms. The van der Waals surface area contributed by atoms with E-state index in [0.717, 1.165) is 22.1 Å². The highest BCUT2D eigenvalue weighted by Gasteiger charge is 2.11. The van der Waals surface area contributed by atoms with Gasteiger partial charge in [0.15, 0.2) is 0 Å². The van der Waals surface area contributed by atoms with E-state index in [1.54, 1.807) is 4.90 Å². The van der Waals surface area contributed by atoms with Crippen LogP contribution in [0.5, 0.6) is 0 Å². The summed E-state index contributed by atoms with van der Waals surface area (Å²) in [5.74, 6) is 0. The third-order valence-electron chi connectivity index (χ3n) is 3.11. The van der Waals surface area contributed by atoms with Crippen molar-refractivity contribution < 1.29 is 4.79 Å². The van der Waals surface area contributed by atoms with Crippen LogP contribution in [0.15, 0.2) is 72.8 Å². The van der Waals surface area contributed by atoms with Gasteiger partial charge in [-0.25, -0.2) is 0 Å². The quantitative estimate of drug-likeness (QED) is 0.638. The normalized spacial score (nSPS) is 10.3. The van der Waals surface area contributed by atoms with Crippen molar-refractivity contribution in [3.63, 3.8) is 0 Å². The van der Waals surface area contributed by atoms with Crippen LogP contribution in [-0.4, -0.2) is 6.41 Å². The predicted octanol–water partition coefficient (Wildman–Crippen LogP) is 4.05. The van der Waals surface area contributed by atoms with E-state index >= 15 is 0 Å². The summed E-state index contributed by atoms with van der Waals surface area (Å²) in [6.45, 7) is 0. The van der Waals surface area contributed by atoms with E-state index in [1.807, 2.05) is 79.2 Å². The molecule has 0 aliphatic heterocycles. The van der Waals surface area contributed by atoms with Gasteiger partial charge in [-0.1, -0.05) is 54.6 Å². The third-order valence-corrected chi connectivity index (χ3v) is 3.11. The van der Waals surface area contributed by atoms with E-state index in [0.29, 0.717) is 0 Å². The maximum absolute atomic E-state index is 11.4. The van der Waals surface area contributed by atoms with Crippen molar-refractivity contribution in [2.75, 3.05) is 4.90 Å². The molecule has 1 radical (unpaired) electrons. The van der Waals surface area contributed by atoms with Gasteiger partial charge in [-0.3, -0.25) is 9.69 Å². The maximum atomic E-state index is 11.4. The molecular formula is C17H12NO. The molecule has 0 aromatic heterocycles. The second kappa shape index (κ2) is 4.94. The topological polar surface area (TPSA) is 20.3 Å². The molecule has 2 nitrogen and oxygen atoms in total. The lowest BCUT2D eigenvalue weighted by atomic mass is 10.1. The molecule has 0 saturated heterocycles. The molecule has 19 heavy (non-hydrogen) atoms. The van der Waals surface area contributed by atoms with Crippen molar-refractivity contribution in [3.8, 4) is 0 Å². The number of hydrogen-bond donors (Lipinski definition) is 0. The fourth-order valence-electron chi connectivity index (χ4n) is 2.22. The Hall–Kier alpha value is -2.61. The smallest absolute Gasteiger partial charge is 0.272 e. The van der Waals surface area contributed by atoms with E-state index < -0.39 is 0 Å². The Kier molecular flexibility index (Phi) is 2.99. The number of rotatable bonds is 3. The third kappa shape index (κ3) is 2.08. The molecule has 0 aliphatic carbocycles. The summed E-state index contributed by atoms with van der Waals surface area (Å²) < 4.78 is 0. The molecule has 0 fully saturated rings. The summed E-state index contributed by atoms with van der Waals surface area (Å²) in [4.78, 5) is 12.9. The average molecular weight is 246 g/mol. The van der Waals surface area contributed by atoms with Gasteiger partial charge in [0.05, 0.1) is 5.69 Å². The maximum Gasteiger partial charge on any atom is 0.321 e. The second-order valence-electron chi connectivity index (χ2n) is 4.26. The van der Waals surface area contributed by atoms with Gasteiger partial charge >= 0.3 is 6.41 Å². The number of para-hydroxylation sites is 1. The molecule has 0 heterocycles. The van der Waals surface area contributed by atoms with Crippen molar-refractivity contribution in [2.24, 2.45) is 0 Å². The minimum absolute atomic E-state index is 0.814. The SMILES string of the molecule is O=[C]N(c1ccccc1)c1cccc2ccccc12. The summed E-state index contributed by atoms with van der Waals surface area (Å²) in [6.07, 6.45) is 2.01. The predicted molar refractivity (Wildman–Crippen MR) is 78.2 cm³/mol. The first-order valence-electron chi connectivity index (χ1n) is 6.11. The minimum atomic E-state index is 0.814. The highest BCUT2D eigenvalue weighted by Crippen LogP contribution is 2.30. The first-order chi connectivity index (χ1) is 9.40. The zero-order valence-corrected chi connectivity index (χ0v) is 10.3. The van der Waals surface area contributed by atoms with Crippen LogP contribution in [0.3, 0.4) is 0 Å². The summed E-state index contributed by atoms with van der Waals surface area (Å²) in [6, 6.07) is 23.5. The molecule has 0 N–H and O–H groups in total. The highest BCUT2D eigenvalue weighted by atomic mass is 16.1. The molecule has 3 aromatic carbocycles. The number of amides is 1. The van der Waals surface area contributed by atoms with Gasteiger partial charge in [-0.2, -0.15) is 0 Å². The van der Waals surface area contributed by atoms with Gasteiger partial charge in [-0.15, -0.1) is 0 Å². The van der Waals surface area contributed by atoms with Crippen LogP contribution in [0.2, 0.25) is 0 Å². The Morgan fingerprint density at radius 2 is 1.42 bits per heavy atom. The molecule has 0 bridgehead atoms. The lowest BCUT2D eigenvalue weighted by Crippen LogP contribution is -2.14. The molecule has 0 unspecified atom stereocenters. The number of carbonyl (C=O) groups excluding carboxylic acids is 1. The van der Waals surface area contributed by atoms with E-state index in [1.165, 1.54) is 0 Å². The van der Waals surface area contributed by atoms with Crippen molar-refractivity contribution >= 4 is 28.6 Å². The lowest BCUT2D eigenvalue weighted by Gasteiger charge is -2.18. The number of fused-ring (bicyclic) bond motifs is 1. The molecule has 2 heteroatoms. The van der Waals surface area contributed by atoms with Gasteiger partial charge in [0.2, 0.25) is 0 Å². The molecule has 0 atom stereocenters. The van der Waals surface area contributed by atoms with Crippen molar-refractivity contribution in [2.45, 2.75) is 0 Å². The second-order valence-corrected chi connectivity index (χ2v) is 4.26. The Morgan fingerprint density at radius 3 is 2.21 bits per heavy atom. The summed E-state index contributed by atoms with van der Waals surface area (Å²) >= 11 is 0. The van der Waals surface area contributed by atoms with E-state index in [9.17, 15) is 4.79 Å². The van der Waals surface area contributed by atoms with Crippen LogP contribution in [0.1, 0.15) is 0 Å². The van der Waals surface area contributed by atoms with Gasteiger partial charge in [0.1, 0.15) is 0 Å². The van der Waals surface area contributed by atoms with Crippen LogP contribution < -0.4 is 4.90 Å². The monoisotopic (exact) mass is 246 g/mol. The van der Waals surface area contributed by atoms with E-state index in [2.05, 4.69) is 0 Å². The van der Waals surface area contributed by atoms with Gasteiger partial charge in [0.25, 0.3) is 0 Å². The highest BCUT2D eigenvalue weighted by molar-refractivity contribution is 6.02. The molecule has 1 amide bonds. The van der Waals surface area contributed by atoms with Crippen molar-refractivity contribution in [1.29, 1.82) is 0 Å². The lowest BCUT2D eigenvalue weighted by molar-refractivity contribution is 0.556. The number of benzene rings is 3. The summed E-state index contributed by atoms with van der Waals surface area (Å²) in [7, 11) is 0. The first-order valence-corrected chi connectivity index (χ1v) is 6.11. The van der Waals surface area contributed by atoms with Crippen molar-refractivity contribution in [1.82, 2.24) is 0 Å². The Labute approximate surface area is 111 Å². The van der Waals surface area contributed by atoms with Gasteiger partial charge in [0, 0.05) is 11.1 Å². The number of hydrogen-bond acceptors (Lipinski definition) is 1. The van der Waals surface area contributed by atoms with E-state index in [-0.39, 0.29) is 0 Å². The Balaban J connectivity index is 2.20. The first kappa shape index (κ1) is 11.5. The van der Waals surface area contributed by atoms with Gasteiger partial charge in [-0.05, 0) is 23.6 Å². The van der Waals surface area contributed by atoms with Crippen molar-refractivity contribution in [3.05, 3.63) is 72.8 Å².